The zero-order valence-corrected chi connectivity index (χ0v) is 13.0. The summed E-state index contributed by atoms with van der Waals surface area (Å²) in [6.07, 6.45) is 11.7. The zero-order chi connectivity index (χ0) is 13.3. The van der Waals surface area contributed by atoms with E-state index < -0.39 is 0 Å². The lowest BCUT2D eigenvalue weighted by Crippen LogP contribution is -2.16. The van der Waals surface area contributed by atoms with E-state index in [1.165, 1.54) is 61.4 Å². The Labute approximate surface area is 121 Å². The van der Waals surface area contributed by atoms with Gasteiger partial charge in [-0.1, -0.05) is 39.0 Å². The van der Waals surface area contributed by atoms with Crippen molar-refractivity contribution in [2.75, 3.05) is 13.1 Å². The first kappa shape index (κ1) is 14.9. The molecule has 1 aliphatic carbocycles. The third kappa shape index (κ3) is 5.57. The highest BCUT2D eigenvalue weighted by Gasteiger charge is 2.16. The van der Waals surface area contributed by atoms with Gasteiger partial charge in [-0.15, -0.1) is 21.5 Å². The SMILES string of the molecule is CCCNCCCc1nnc(CC2CCCCC2)s1. The molecule has 1 aliphatic rings. The van der Waals surface area contributed by atoms with Crippen molar-refractivity contribution in [1.82, 2.24) is 15.5 Å². The van der Waals surface area contributed by atoms with Gasteiger partial charge in [0.2, 0.25) is 0 Å². The van der Waals surface area contributed by atoms with Gasteiger partial charge in [0.15, 0.2) is 0 Å². The molecule has 0 saturated heterocycles. The summed E-state index contributed by atoms with van der Waals surface area (Å²) in [5.41, 5.74) is 0. The zero-order valence-electron chi connectivity index (χ0n) is 12.2. The molecule has 0 amide bonds. The maximum absolute atomic E-state index is 4.37. The van der Waals surface area contributed by atoms with Crippen LogP contribution < -0.4 is 5.32 Å². The number of hydrogen-bond acceptors (Lipinski definition) is 4. The molecule has 3 nitrogen and oxygen atoms in total. The van der Waals surface area contributed by atoms with Crippen molar-refractivity contribution < 1.29 is 0 Å². The van der Waals surface area contributed by atoms with Gasteiger partial charge in [-0.25, -0.2) is 0 Å². The predicted molar refractivity (Wildman–Crippen MR) is 81.7 cm³/mol. The normalized spacial score (nSPS) is 16.9. The lowest BCUT2D eigenvalue weighted by Gasteiger charge is -2.19. The van der Waals surface area contributed by atoms with Crippen LogP contribution in [0.4, 0.5) is 0 Å². The topological polar surface area (TPSA) is 37.8 Å². The monoisotopic (exact) mass is 281 g/mol. The molecule has 1 aromatic rings. The Kier molecular flexibility index (Phi) is 6.79. The van der Waals surface area contributed by atoms with Crippen LogP contribution in [0.3, 0.4) is 0 Å². The standard InChI is InChI=1S/C15H27N3S/c1-2-10-16-11-6-9-14-17-18-15(19-14)12-13-7-4-3-5-8-13/h13,16H,2-12H2,1H3. The van der Waals surface area contributed by atoms with Gasteiger partial charge in [0.1, 0.15) is 10.0 Å². The number of nitrogens with one attached hydrogen (secondary N) is 1. The Balaban J connectivity index is 1.66. The first-order chi connectivity index (χ1) is 9.38. The van der Waals surface area contributed by atoms with E-state index in [1.807, 2.05) is 11.3 Å². The molecule has 1 aromatic heterocycles. The van der Waals surface area contributed by atoms with Crippen molar-refractivity contribution in [3.8, 4) is 0 Å². The number of hydrogen-bond donors (Lipinski definition) is 1. The second-order valence-corrected chi connectivity index (χ2v) is 6.80. The van der Waals surface area contributed by atoms with Gasteiger partial charge in [-0.2, -0.15) is 0 Å². The molecular weight excluding hydrogens is 254 g/mol. The molecule has 1 heterocycles. The predicted octanol–water partition coefficient (Wildman–Crippen LogP) is 3.59. The van der Waals surface area contributed by atoms with Crippen LogP contribution in [0.2, 0.25) is 0 Å². The minimum absolute atomic E-state index is 0.876. The third-order valence-corrected chi connectivity index (χ3v) is 4.87. The van der Waals surface area contributed by atoms with Crippen LogP contribution in [0.1, 0.15) is 61.9 Å². The molecular formula is C15H27N3S. The van der Waals surface area contributed by atoms with Crippen LogP contribution in [-0.2, 0) is 12.8 Å². The van der Waals surface area contributed by atoms with E-state index in [4.69, 9.17) is 0 Å². The summed E-state index contributed by atoms with van der Waals surface area (Å²) in [4.78, 5) is 0. The van der Waals surface area contributed by atoms with Gasteiger partial charge < -0.3 is 5.32 Å². The van der Waals surface area contributed by atoms with E-state index in [0.29, 0.717) is 0 Å². The molecule has 0 unspecified atom stereocenters. The van der Waals surface area contributed by atoms with E-state index in [9.17, 15) is 0 Å². The summed E-state index contributed by atoms with van der Waals surface area (Å²) in [6.45, 7) is 4.43. The summed E-state index contributed by atoms with van der Waals surface area (Å²) in [6, 6.07) is 0. The molecule has 2 rings (SSSR count). The minimum Gasteiger partial charge on any atom is -0.317 e. The summed E-state index contributed by atoms with van der Waals surface area (Å²) in [5, 5.41) is 14.6. The maximum Gasteiger partial charge on any atom is 0.117 e. The van der Waals surface area contributed by atoms with Gasteiger partial charge >= 0.3 is 0 Å². The number of rotatable bonds is 8. The fraction of sp³-hybridized carbons (Fsp3) is 0.867. The van der Waals surface area contributed by atoms with E-state index in [1.54, 1.807) is 0 Å². The molecule has 1 saturated carbocycles. The minimum atomic E-state index is 0.876. The highest BCUT2D eigenvalue weighted by atomic mass is 32.1. The van der Waals surface area contributed by atoms with Crippen molar-refractivity contribution in [3.63, 3.8) is 0 Å². The molecule has 19 heavy (non-hydrogen) atoms. The Hall–Kier alpha value is -0.480. The lowest BCUT2D eigenvalue weighted by molar-refractivity contribution is 0.356. The van der Waals surface area contributed by atoms with E-state index in [-0.39, 0.29) is 0 Å². The van der Waals surface area contributed by atoms with Crippen molar-refractivity contribution in [3.05, 3.63) is 10.0 Å². The smallest absolute Gasteiger partial charge is 0.117 e. The Bertz CT molecular complexity index is 345. The van der Waals surface area contributed by atoms with Crippen LogP contribution in [0.15, 0.2) is 0 Å². The number of nitrogens with zero attached hydrogens (tertiary/aromatic N) is 2. The first-order valence-electron chi connectivity index (χ1n) is 7.90. The molecule has 0 radical (unpaired) electrons. The Morgan fingerprint density at radius 2 is 1.89 bits per heavy atom. The average molecular weight is 281 g/mol. The van der Waals surface area contributed by atoms with Crippen molar-refractivity contribution >= 4 is 11.3 Å². The molecule has 0 bridgehead atoms. The molecule has 4 heteroatoms. The van der Waals surface area contributed by atoms with Crippen LogP contribution in [-0.4, -0.2) is 23.3 Å². The second kappa shape index (κ2) is 8.64. The molecule has 108 valence electrons. The number of aryl methyl sites for hydroxylation is 1. The van der Waals surface area contributed by atoms with Gasteiger partial charge in [0.25, 0.3) is 0 Å². The van der Waals surface area contributed by atoms with Crippen molar-refractivity contribution in [2.24, 2.45) is 5.92 Å². The van der Waals surface area contributed by atoms with E-state index in [0.717, 1.165) is 25.4 Å². The van der Waals surface area contributed by atoms with Crippen LogP contribution in [0.25, 0.3) is 0 Å². The highest BCUT2D eigenvalue weighted by molar-refractivity contribution is 7.11. The van der Waals surface area contributed by atoms with Gasteiger partial charge in [0.05, 0.1) is 0 Å². The summed E-state index contributed by atoms with van der Waals surface area (Å²) < 4.78 is 0. The molecule has 1 N–H and O–H groups in total. The second-order valence-electron chi connectivity index (χ2n) is 5.65. The first-order valence-corrected chi connectivity index (χ1v) is 8.72. The van der Waals surface area contributed by atoms with Crippen LogP contribution >= 0.6 is 11.3 Å². The lowest BCUT2D eigenvalue weighted by atomic mass is 9.87. The molecule has 0 aromatic carbocycles. The molecule has 0 aliphatic heterocycles. The van der Waals surface area contributed by atoms with Gasteiger partial charge in [-0.3, -0.25) is 0 Å². The van der Waals surface area contributed by atoms with Crippen LogP contribution in [0.5, 0.6) is 0 Å². The van der Waals surface area contributed by atoms with Gasteiger partial charge in [0, 0.05) is 12.8 Å². The summed E-state index contributed by atoms with van der Waals surface area (Å²) >= 11 is 1.84. The fourth-order valence-electron chi connectivity index (χ4n) is 2.78. The quantitative estimate of drug-likeness (QED) is 0.740. The van der Waals surface area contributed by atoms with E-state index >= 15 is 0 Å². The number of aromatic nitrogens is 2. The largest absolute Gasteiger partial charge is 0.317 e. The van der Waals surface area contributed by atoms with Crippen LogP contribution in [0, 0.1) is 5.92 Å². The van der Waals surface area contributed by atoms with Gasteiger partial charge in [-0.05, 0) is 31.8 Å². The Morgan fingerprint density at radius 1 is 1.11 bits per heavy atom. The molecule has 1 fully saturated rings. The highest BCUT2D eigenvalue weighted by Crippen LogP contribution is 2.27. The molecule has 0 atom stereocenters. The van der Waals surface area contributed by atoms with E-state index in [2.05, 4.69) is 22.4 Å². The van der Waals surface area contributed by atoms with Crippen molar-refractivity contribution in [2.45, 2.75) is 64.7 Å². The Morgan fingerprint density at radius 3 is 2.68 bits per heavy atom. The van der Waals surface area contributed by atoms with Crippen molar-refractivity contribution in [1.29, 1.82) is 0 Å². The summed E-state index contributed by atoms with van der Waals surface area (Å²) in [7, 11) is 0. The average Bonchev–Trinajstić information content (AvgIpc) is 2.87. The molecule has 0 spiro atoms. The maximum atomic E-state index is 4.37. The fourth-order valence-corrected chi connectivity index (χ4v) is 3.78. The summed E-state index contributed by atoms with van der Waals surface area (Å²) in [5.74, 6) is 0.876. The third-order valence-electron chi connectivity index (χ3n) is 3.87.